The van der Waals surface area contributed by atoms with Gasteiger partial charge in [0.1, 0.15) is 0 Å². The Hall–Kier alpha value is -0.830. The van der Waals surface area contributed by atoms with Crippen molar-refractivity contribution >= 4 is 17.2 Å². The number of thiophene rings is 1. The van der Waals surface area contributed by atoms with E-state index < -0.39 is 0 Å². The van der Waals surface area contributed by atoms with Crippen LogP contribution in [0.25, 0.3) is 0 Å². The summed E-state index contributed by atoms with van der Waals surface area (Å²) >= 11 is 1.59. The van der Waals surface area contributed by atoms with Gasteiger partial charge < -0.3 is 5.32 Å². The molecule has 16 heavy (non-hydrogen) atoms. The van der Waals surface area contributed by atoms with Crippen molar-refractivity contribution in [1.29, 1.82) is 0 Å². The first kappa shape index (κ1) is 10.3. The lowest BCUT2D eigenvalue weighted by Gasteiger charge is -2.25. The Morgan fingerprint density at radius 3 is 2.81 bits per heavy atom. The lowest BCUT2D eigenvalue weighted by atomic mass is 9.85. The number of rotatable bonds is 4. The Balaban J connectivity index is 1.61. The van der Waals surface area contributed by atoms with Crippen LogP contribution in [-0.4, -0.2) is 12.5 Å². The third-order valence-electron chi connectivity index (χ3n) is 3.70. The number of hydrogen-bond acceptors (Lipinski definition) is 2. The van der Waals surface area contributed by atoms with Crippen LogP contribution in [0.4, 0.5) is 0 Å². The van der Waals surface area contributed by atoms with E-state index in [1.165, 1.54) is 37.7 Å². The summed E-state index contributed by atoms with van der Waals surface area (Å²) in [5.41, 5.74) is 1.29. The van der Waals surface area contributed by atoms with Crippen molar-refractivity contribution in [2.24, 2.45) is 5.92 Å². The SMILES string of the molecule is O=C(NCC1CCC1)c1sccc1C1CC1. The standard InChI is InChI=1S/C13H17NOS/c15-13(14-8-9-2-1-3-9)12-11(6-7-16-12)10-4-5-10/h6-7,9-10H,1-5,8H2,(H,14,15). The van der Waals surface area contributed by atoms with Crippen molar-refractivity contribution in [2.75, 3.05) is 6.54 Å². The number of hydrogen-bond donors (Lipinski definition) is 1. The zero-order chi connectivity index (χ0) is 11.0. The third kappa shape index (κ3) is 2.01. The van der Waals surface area contributed by atoms with E-state index in [1.54, 1.807) is 11.3 Å². The molecule has 1 aromatic heterocycles. The minimum atomic E-state index is 0.156. The number of carbonyl (C=O) groups excluding carboxylic acids is 1. The van der Waals surface area contributed by atoms with E-state index in [1.807, 2.05) is 5.38 Å². The second kappa shape index (κ2) is 4.21. The summed E-state index contributed by atoms with van der Waals surface area (Å²) in [7, 11) is 0. The smallest absolute Gasteiger partial charge is 0.261 e. The van der Waals surface area contributed by atoms with Crippen LogP contribution < -0.4 is 5.32 Å². The molecule has 0 unspecified atom stereocenters. The number of amides is 1. The molecule has 0 aliphatic heterocycles. The minimum Gasteiger partial charge on any atom is -0.351 e. The highest BCUT2D eigenvalue weighted by Crippen LogP contribution is 2.43. The molecule has 2 aliphatic rings. The van der Waals surface area contributed by atoms with E-state index in [2.05, 4.69) is 11.4 Å². The molecular formula is C13H17NOS. The average Bonchev–Trinajstić information content (AvgIpc) is 2.93. The molecule has 0 saturated heterocycles. The summed E-state index contributed by atoms with van der Waals surface area (Å²) in [5, 5.41) is 5.13. The molecule has 3 heteroatoms. The van der Waals surface area contributed by atoms with Gasteiger partial charge in [-0.2, -0.15) is 0 Å². The van der Waals surface area contributed by atoms with Crippen molar-refractivity contribution in [1.82, 2.24) is 5.32 Å². The first-order valence-corrected chi connectivity index (χ1v) is 7.08. The van der Waals surface area contributed by atoms with Crippen LogP contribution in [0, 0.1) is 5.92 Å². The van der Waals surface area contributed by atoms with Gasteiger partial charge in [0, 0.05) is 6.54 Å². The van der Waals surface area contributed by atoms with Gasteiger partial charge in [-0.15, -0.1) is 11.3 Å². The van der Waals surface area contributed by atoms with Crippen LogP contribution in [0.2, 0.25) is 0 Å². The maximum atomic E-state index is 12.0. The molecule has 1 amide bonds. The summed E-state index contributed by atoms with van der Waals surface area (Å²) in [6, 6.07) is 2.13. The molecule has 2 nitrogen and oxygen atoms in total. The zero-order valence-corrected chi connectivity index (χ0v) is 10.2. The molecule has 0 radical (unpaired) electrons. The summed E-state index contributed by atoms with van der Waals surface area (Å²) in [4.78, 5) is 13.0. The van der Waals surface area contributed by atoms with Gasteiger partial charge in [0.15, 0.2) is 0 Å². The largest absolute Gasteiger partial charge is 0.351 e. The van der Waals surface area contributed by atoms with Crippen molar-refractivity contribution in [3.63, 3.8) is 0 Å². The van der Waals surface area contributed by atoms with E-state index in [0.717, 1.165) is 17.3 Å². The highest BCUT2D eigenvalue weighted by Gasteiger charge is 2.29. The zero-order valence-electron chi connectivity index (χ0n) is 9.37. The van der Waals surface area contributed by atoms with Crippen LogP contribution in [0.1, 0.15) is 53.3 Å². The van der Waals surface area contributed by atoms with Gasteiger partial charge in [0.2, 0.25) is 0 Å². The number of carbonyl (C=O) groups is 1. The lowest BCUT2D eigenvalue weighted by Crippen LogP contribution is -2.32. The number of nitrogens with one attached hydrogen (secondary N) is 1. The van der Waals surface area contributed by atoms with Crippen LogP contribution >= 0.6 is 11.3 Å². The molecule has 0 spiro atoms. The maximum absolute atomic E-state index is 12.0. The van der Waals surface area contributed by atoms with Crippen LogP contribution in [0.5, 0.6) is 0 Å². The highest BCUT2D eigenvalue weighted by molar-refractivity contribution is 7.12. The summed E-state index contributed by atoms with van der Waals surface area (Å²) < 4.78 is 0. The predicted octanol–water partition coefficient (Wildman–Crippen LogP) is 3.16. The molecule has 1 heterocycles. The first-order valence-electron chi connectivity index (χ1n) is 6.20. The molecule has 0 aromatic carbocycles. The fourth-order valence-electron chi connectivity index (χ4n) is 2.23. The molecule has 3 rings (SSSR count). The fraction of sp³-hybridized carbons (Fsp3) is 0.615. The molecule has 0 atom stereocenters. The van der Waals surface area contributed by atoms with Gasteiger partial charge in [0.25, 0.3) is 5.91 Å². The molecule has 2 fully saturated rings. The molecule has 0 bridgehead atoms. The molecule has 1 aromatic rings. The van der Waals surface area contributed by atoms with E-state index in [0.29, 0.717) is 5.92 Å². The highest BCUT2D eigenvalue weighted by atomic mass is 32.1. The van der Waals surface area contributed by atoms with Crippen molar-refractivity contribution < 1.29 is 4.79 Å². The Labute approximate surface area is 100 Å². The Bertz CT molecular complexity index is 390. The molecule has 2 saturated carbocycles. The summed E-state index contributed by atoms with van der Waals surface area (Å²) in [6.45, 7) is 0.876. The summed E-state index contributed by atoms with van der Waals surface area (Å²) in [5.74, 6) is 1.58. The third-order valence-corrected chi connectivity index (χ3v) is 4.62. The maximum Gasteiger partial charge on any atom is 0.261 e. The second-order valence-corrected chi connectivity index (χ2v) is 5.90. The Morgan fingerprint density at radius 1 is 1.38 bits per heavy atom. The Morgan fingerprint density at radius 2 is 2.19 bits per heavy atom. The van der Waals surface area contributed by atoms with Crippen LogP contribution in [0.3, 0.4) is 0 Å². The Kier molecular flexibility index (Phi) is 2.72. The topological polar surface area (TPSA) is 29.1 Å². The van der Waals surface area contributed by atoms with Crippen LogP contribution in [0.15, 0.2) is 11.4 Å². The van der Waals surface area contributed by atoms with Gasteiger partial charge in [0.05, 0.1) is 4.88 Å². The van der Waals surface area contributed by atoms with Gasteiger partial charge >= 0.3 is 0 Å². The first-order chi connectivity index (χ1) is 7.84. The monoisotopic (exact) mass is 235 g/mol. The molecule has 1 N–H and O–H groups in total. The van der Waals surface area contributed by atoms with E-state index in [9.17, 15) is 4.79 Å². The molecule has 2 aliphatic carbocycles. The van der Waals surface area contributed by atoms with Crippen molar-refractivity contribution in [3.05, 3.63) is 21.9 Å². The van der Waals surface area contributed by atoms with Crippen LogP contribution in [-0.2, 0) is 0 Å². The van der Waals surface area contributed by atoms with Gasteiger partial charge in [-0.05, 0) is 54.5 Å². The fourth-order valence-corrected chi connectivity index (χ4v) is 3.13. The van der Waals surface area contributed by atoms with Gasteiger partial charge in [-0.25, -0.2) is 0 Å². The molecule has 86 valence electrons. The minimum absolute atomic E-state index is 0.156. The lowest BCUT2D eigenvalue weighted by molar-refractivity contribution is 0.0942. The summed E-state index contributed by atoms with van der Waals surface area (Å²) in [6.07, 6.45) is 6.45. The van der Waals surface area contributed by atoms with E-state index in [4.69, 9.17) is 0 Å². The average molecular weight is 235 g/mol. The van der Waals surface area contributed by atoms with E-state index in [-0.39, 0.29) is 5.91 Å². The van der Waals surface area contributed by atoms with Crippen molar-refractivity contribution in [2.45, 2.75) is 38.0 Å². The van der Waals surface area contributed by atoms with Gasteiger partial charge in [-0.1, -0.05) is 6.42 Å². The molecular weight excluding hydrogens is 218 g/mol. The van der Waals surface area contributed by atoms with Crippen molar-refractivity contribution in [3.8, 4) is 0 Å². The quantitative estimate of drug-likeness (QED) is 0.853. The predicted molar refractivity (Wildman–Crippen MR) is 66.0 cm³/mol. The van der Waals surface area contributed by atoms with E-state index >= 15 is 0 Å². The second-order valence-electron chi connectivity index (χ2n) is 4.99. The van der Waals surface area contributed by atoms with Gasteiger partial charge in [-0.3, -0.25) is 4.79 Å². The normalized spacial score (nSPS) is 20.5.